The van der Waals surface area contributed by atoms with Crippen LogP contribution in [0.4, 0.5) is 5.69 Å². The zero-order valence-electron chi connectivity index (χ0n) is 18.8. The van der Waals surface area contributed by atoms with Gasteiger partial charge in [-0.25, -0.2) is 0 Å². The molecule has 1 aliphatic heterocycles. The maximum Gasteiger partial charge on any atom is 0.118 e. The lowest BCUT2D eigenvalue weighted by atomic mass is 10.0. The van der Waals surface area contributed by atoms with E-state index in [-0.39, 0.29) is 0 Å². The molecule has 1 atom stereocenters. The van der Waals surface area contributed by atoms with Crippen molar-refractivity contribution in [2.75, 3.05) is 45.7 Å². The summed E-state index contributed by atoms with van der Waals surface area (Å²) in [5, 5.41) is 0.445. The summed E-state index contributed by atoms with van der Waals surface area (Å²) in [6.45, 7) is 3.18. The number of thioether (sulfide) groups is 1. The Balaban J connectivity index is 1.62. The zero-order valence-corrected chi connectivity index (χ0v) is 19.6. The Labute approximate surface area is 191 Å². The second kappa shape index (κ2) is 10.3. The van der Waals surface area contributed by atoms with Crippen molar-refractivity contribution in [3.63, 3.8) is 0 Å². The van der Waals surface area contributed by atoms with Gasteiger partial charge >= 0.3 is 0 Å². The Morgan fingerprint density at radius 1 is 0.968 bits per heavy atom. The first-order valence-corrected chi connectivity index (χ1v) is 11.9. The van der Waals surface area contributed by atoms with E-state index in [2.05, 4.69) is 96.7 Å². The topological polar surface area (TPSA) is 15.7 Å². The summed E-state index contributed by atoms with van der Waals surface area (Å²) in [7, 11) is 6.02. The minimum Gasteiger partial charge on any atom is -0.497 e. The molecule has 1 unspecified atom stereocenters. The largest absolute Gasteiger partial charge is 0.497 e. The Morgan fingerprint density at radius 3 is 2.45 bits per heavy atom. The van der Waals surface area contributed by atoms with E-state index >= 15 is 0 Å². The van der Waals surface area contributed by atoms with Crippen LogP contribution in [0.5, 0.6) is 5.75 Å². The van der Waals surface area contributed by atoms with E-state index in [4.69, 9.17) is 4.74 Å². The average molecular weight is 433 g/mol. The van der Waals surface area contributed by atoms with E-state index in [0.29, 0.717) is 5.25 Å². The zero-order chi connectivity index (χ0) is 21.6. The van der Waals surface area contributed by atoms with Gasteiger partial charge in [-0.05, 0) is 67.9 Å². The molecule has 4 rings (SSSR count). The summed E-state index contributed by atoms with van der Waals surface area (Å²) in [5.41, 5.74) is 5.48. The second-order valence-corrected chi connectivity index (χ2v) is 9.67. The lowest BCUT2D eigenvalue weighted by Gasteiger charge is -2.26. The van der Waals surface area contributed by atoms with Crippen LogP contribution in [0.15, 0.2) is 77.7 Å². The first-order chi connectivity index (χ1) is 15.1. The summed E-state index contributed by atoms with van der Waals surface area (Å²) in [6.07, 6.45) is 2.10. The molecule has 3 nitrogen and oxygen atoms in total. The molecule has 0 aliphatic carbocycles. The Bertz CT molecular complexity index is 972. The van der Waals surface area contributed by atoms with Gasteiger partial charge in [0.15, 0.2) is 0 Å². The number of fused-ring (bicyclic) bond motifs is 1. The lowest BCUT2D eigenvalue weighted by molar-refractivity contribution is 0.412. The number of ether oxygens (including phenoxy) is 1. The maximum atomic E-state index is 5.36. The Kier molecular flexibility index (Phi) is 7.21. The minimum atomic E-state index is 0.445. The highest BCUT2D eigenvalue weighted by atomic mass is 32.2. The Hall–Kier alpha value is -2.43. The molecule has 4 heteroatoms. The summed E-state index contributed by atoms with van der Waals surface area (Å²) in [6, 6.07) is 26.4. The molecule has 1 heterocycles. The molecule has 31 heavy (non-hydrogen) atoms. The van der Waals surface area contributed by atoms with Gasteiger partial charge in [-0.15, -0.1) is 11.8 Å². The SMILES string of the molecule is COc1ccc(C2CCN(CCN(C)C)c3ccc(Cc4ccccc4)cc3S2)cc1. The van der Waals surface area contributed by atoms with E-state index in [1.165, 1.54) is 27.3 Å². The molecule has 0 aromatic heterocycles. The van der Waals surface area contributed by atoms with Crippen LogP contribution in [-0.2, 0) is 6.42 Å². The van der Waals surface area contributed by atoms with E-state index in [9.17, 15) is 0 Å². The number of hydrogen-bond donors (Lipinski definition) is 0. The third-order valence-corrected chi connectivity index (χ3v) is 7.22. The van der Waals surface area contributed by atoms with Gasteiger partial charge in [0.05, 0.1) is 12.8 Å². The van der Waals surface area contributed by atoms with Crippen molar-refractivity contribution in [2.45, 2.75) is 23.0 Å². The normalized spacial score (nSPS) is 16.1. The van der Waals surface area contributed by atoms with Crippen LogP contribution in [0.3, 0.4) is 0 Å². The highest BCUT2D eigenvalue weighted by Gasteiger charge is 2.24. The molecule has 0 N–H and O–H groups in total. The third-order valence-electron chi connectivity index (χ3n) is 5.85. The number of rotatable bonds is 7. The van der Waals surface area contributed by atoms with Crippen molar-refractivity contribution in [3.05, 3.63) is 89.5 Å². The number of hydrogen-bond acceptors (Lipinski definition) is 4. The summed E-state index contributed by atoms with van der Waals surface area (Å²) in [4.78, 5) is 6.23. The number of likely N-dealkylation sites (N-methyl/N-ethyl adjacent to an activating group) is 1. The second-order valence-electron chi connectivity index (χ2n) is 8.42. The Morgan fingerprint density at radius 2 is 1.74 bits per heavy atom. The van der Waals surface area contributed by atoms with Crippen molar-refractivity contribution >= 4 is 17.4 Å². The molecule has 3 aromatic rings. The molecule has 0 bridgehead atoms. The highest BCUT2D eigenvalue weighted by molar-refractivity contribution is 7.99. The van der Waals surface area contributed by atoms with Gasteiger partial charge in [-0.1, -0.05) is 48.5 Å². The fourth-order valence-corrected chi connectivity index (χ4v) is 5.43. The molecule has 0 fully saturated rings. The van der Waals surface area contributed by atoms with Crippen LogP contribution in [0.2, 0.25) is 0 Å². The fourth-order valence-electron chi connectivity index (χ4n) is 4.07. The fraction of sp³-hybridized carbons (Fsp3) is 0.333. The van der Waals surface area contributed by atoms with Gasteiger partial charge in [0, 0.05) is 29.8 Å². The van der Waals surface area contributed by atoms with Crippen LogP contribution in [-0.4, -0.2) is 45.7 Å². The standard InChI is InChI=1S/C27H32N2OS/c1-28(2)17-18-29-16-15-26(23-10-12-24(30-3)13-11-23)31-27-20-22(9-14-25(27)29)19-21-7-5-4-6-8-21/h4-14,20,26H,15-19H2,1-3H3. The monoisotopic (exact) mass is 432 g/mol. The molecule has 3 aromatic carbocycles. The molecule has 0 saturated heterocycles. The van der Waals surface area contributed by atoms with Crippen LogP contribution < -0.4 is 9.64 Å². The summed E-state index contributed by atoms with van der Waals surface area (Å²) in [5.74, 6) is 0.917. The molecule has 0 saturated carbocycles. The van der Waals surface area contributed by atoms with Gasteiger partial charge in [0.1, 0.15) is 5.75 Å². The molecule has 1 aliphatic rings. The molecule has 0 radical (unpaired) electrons. The van der Waals surface area contributed by atoms with Crippen molar-refractivity contribution in [3.8, 4) is 5.75 Å². The van der Waals surface area contributed by atoms with Crippen LogP contribution in [0.1, 0.15) is 28.4 Å². The first kappa shape index (κ1) is 21.8. The maximum absolute atomic E-state index is 5.36. The van der Waals surface area contributed by atoms with Gasteiger partial charge in [0.25, 0.3) is 0 Å². The third kappa shape index (κ3) is 5.63. The molecular formula is C27H32N2OS. The lowest BCUT2D eigenvalue weighted by Crippen LogP contribution is -2.32. The predicted octanol–water partition coefficient (Wildman–Crippen LogP) is 5.89. The summed E-state index contributed by atoms with van der Waals surface area (Å²) < 4.78 is 5.36. The minimum absolute atomic E-state index is 0.445. The quantitative estimate of drug-likeness (QED) is 0.462. The number of nitrogens with zero attached hydrogens (tertiary/aromatic N) is 2. The average Bonchev–Trinajstić information content (AvgIpc) is 2.97. The van der Waals surface area contributed by atoms with E-state index in [0.717, 1.165) is 38.2 Å². The van der Waals surface area contributed by atoms with Crippen molar-refractivity contribution in [2.24, 2.45) is 0 Å². The van der Waals surface area contributed by atoms with Crippen molar-refractivity contribution < 1.29 is 4.74 Å². The van der Waals surface area contributed by atoms with Gasteiger partial charge in [0.2, 0.25) is 0 Å². The number of benzene rings is 3. The van der Waals surface area contributed by atoms with Crippen molar-refractivity contribution in [1.29, 1.82) is 0 Å². The smallest absolute Gasteiger partial charge is 0.118 e. The van der Waals surface area contributed by atoms with Crippen LogP contribution in [0.25, 0.3) is 0 Å². The molecule has 0 spiro atoms. The summed E-state index contributed by atoms with van der Waals surface area (Å²) >= 11 is 2.01. The van der Waals surface area contributed by atoms with Crippen LogP contribution in [0, 0.1) is 0 Å². The van der Waals surface area contributed by atoms with E-state index in [1.807, 2.05) is 11.8 Å². The molecule has 162 valence electrons. The molecular weight excluding hydrogens is 400 g/mol. The number of methoxy groups -OCH3 is 1. The van der Waals surface area contributed by atoms with Gasteiger partial charge < -0.3 is 14.5 Å². The number of anilines is 1. The van der Waals surface area contributed by atoms with Gasteiger partial charge in [-0.3, -0.25) is 0 Å². The van der Waals surface area contributed by atoms with Gasteiger partial charge in [-0.2, -0.15) is 0 Å². The molecule has 0 amide bonds. The van der Waals surface area contributed by atoms with E-state index < -0.39 is 0 Å². The van der Waals surface area contributed by atoms with Crippen molar-refractivity contribution in [1.82, 2.24) is 4.90 Å². The predicted molar refractivity (Wildman–Crippen MR) is 133 cm³/mol. The highest BCUT2D eigenvalue weighted by Crippen LogP contribution is 2.45. The van der Waals surface area contributed by atoms with E-state index in [1.54, 1.807) is 7.11 Å². The first-order valence-electron chi connectivity index (χ1n) is 11.0. The van der Waals surface area contributed by atoms with Crippen LogP contribution >= 0.6 is 11.8 Å².